The van der Waals surface area contributed by atoms with Crippen LogP contribution in [0.2, 0.25) is 18.1 Å². The fourth-order valence-corrected chi connectivity index (χ4v) is 5.04. The average molecular weight is 452 g/mol. The molecule has 0 amide bonds. The highest BCUT2D eigenvalue weighted by Crippen LogP contribution is 2.40. The van der Waals surface area contributed by atoms with Gasteiger partial charge in [-0.25, -0.2) is 0 Å². The van der Waals surface area contributed by atoms with Crippen LogP contribution in [0.1, 0.15) is 46.6 Å². The van der Waals surface area contributed by atoms with E-state index in [-0.39, 0.29) is 35.5 Å². The fraction of sp³-hybridized carbons (Fsp3) is 0.696. The van der Waals surface area contributed by atoms with Crippen LogP contribution in [0.5, 0.6) is 0 Å². The minimum atomic E-state index is -2.05. The van der Waals surface area contributed by atoms with Gasteiger partial charge in [-0.3, -0.25) is 9.63 Å². The summed E-state index contributed by atoms with van der Waals surface area (Å²) in [4.78, 5) is 17.6. The van der Waals surface area contributed by atoms with Crippen LogP contribution < -0.4 is 0 Å². The van der Waals surface area contributed by atoms with Crippen LogP contribution in [-0.2, 0) is 34.8 Å². The molecule has 0 aromatic heterocycles. The molecule has 2 aliphatic heterocycles. The highest BCUT2D eigenvalue weighted by atomic mass is 28.4. The molecule has 0 radical (unpaired) electrons. The van der Waals surface area contributed by atoms with Crippen molar-refractivity contribution in [3.05, 3.63) is 35.9 Å². The molecule has 0 saturated carbocycles. The summed E-state index contributed by atoms with van der Waals surface area (Å²) in [6.45, 7) is 15.4. The second-order valence-electron chi connectivity index (χ2n) is 9.93. The number of hydroxylamine groups is 2. The minimum Gasteiger partial charge on any atom is -0.434 e. The summed E-state index contributed by atoms with van der Waals surface area (Å²) in [5.74, 6) is -0.361. The summed E-state index contributed by atoms with van der Waals surface area (Å²) in [6.07, 6.45) is -0.944. The van der Waals surface area contributed by atoms with E-state index in [2.05, 4.69) is 46.0 Å². The van der Waals surface area contributed by atoms with Crippen molar-refractivity contribution < 1.29 is 28.3 Å². The summed E-state index contributed by atoms with van der Waals surface area (Å²) in [5.41, 5.74) is 1.11. The molecule has 2 aliphatic rings. The molecule has 2 saturated heterocycles. The van der Waals surface area contributed by atoms with Crippen molar-refractivity contribution in [3.63, 3.8) is 0 Å². The maximum Gasteiger partial charge on any atom is 0.304 e. The third-order valence-corrected chi connectivity index (χ3v) is 10.9. The zero-order valence-corrected chi connectivity index (χ0v) is 20.8. The van der Waals surface area contributed by atoms with Gasteiger partial charge < -0.3 is 18.6 Å². The molecule has 31 heavy (non-hydrogen) atoms. The van der Waals surface area contributed by atoms with Gasteiger partial charge in [0, 0.05) is 19.9 Å². The van der Waals surface area contributed by atoms with E-state index >= 15 is 0 Å². The second kappa shape index (κ2) is 9.68. The third kappa shape index (κ3) is 6.15. The van der Waals surface area contributed by atoms with E-state index in [1.54, 1.807) is 0 Å². The molecule has 8 heteroatoms. The highest BCUT2D eigenvalue weighted by molar-refractivity contribution is 6.74. The van der Waals surface area contributed by atoms with Gasteiger partial charge in [-0.05, 0) is 30.6 Å². The van der Waals surface area contributed by atoms with Gasteiger partial charge in [0.15, 0.2) is 14.6 Å². The first-order chi connectivity index (χ1) is 14.5. The predicted molar refractivity (Wildman–Crippen MR) is 119 cm³/mol. The summed E-state index contributed by atoms with van der Waals surface area (Å²) in [6, 6.07) is 9.96. The van der Waals surface area contributed by atoms with E-state index in [0.29, 0.717) is 19.6 Å². The molecule has 1 aromatic carbocycles. The summed E-state index contributed by atoms with van der Waals surface area (Å²) < 4.78 is 24.2. The minimum absolute atomic E-state index is 0.0663. The SMILES string of the molecule is CC(=O)O[C@@H]1C[C@H]([C@H]2O[C@@H](C)OC[C@H]2O[Si](C)(C)C(C)(C)C)N(Cc2ccccc2)O1. The maximum absolute atomic E-state index is 11.6. The lowest BCUT2D eigenvalue weighted by molar-refractivity contribution is -0.281. The Morgan fingerprint density at radius 3 is 2.52 bits per heavy atom. The molecule has 0 unspecified atom stereocenters. The lowest BCUT2D eigenvalue weighted by Crippen LogP contribution is -2.57. The Hall–Kier alpha value is -1.29. The van der Waals surface area contributed by atoms with Crippen LogP contribution in [0.25, 0.3) is 0 Å². The van der Waals surface area contributed by atoms with Crippen LogP contribution in [0.15, 0.2) is 30.3 Å². The highest BCUT2D eigenvalue weighted by Gasteiger charge is 2.49. The fourth-order valence-electron chi connectivity index (χ4n) is 3.73. The van der Waals surface area contributed by atoms with Gasteiger partial charge in [-0.2, -0.15) is 5.06 Å². The molecule has 2 fully saturated rings. The number of hydrogen-bond donors (Lipinski definition) is 0. The van der Waals surface area contributed by atoms with Crippen LogP contribution in [-0.4, -0.2) is 56.8 Å². The average Bonchev–Trinajstić information content (AvgIpc) is 3.04. The quantitative estimate of drug-likeness (QED) is 0.473. The lowest BCUT2D eigenvalue weighted by Gasteiger charge is -2.45. The Labute approximate surface area is 187 Å². The van der Waals surface area contributed by atoms with E-state index in [1.807, 2.05) is 30.2 Å². The standard InChI is InChI=1S/C23H37NO6Si/c1-16(25)27-21-13-19(24(29-21)14-18-11-9-8-10-12-18)22-20(15-26-17(2)28-22)30-31(6,7)23(3,4)5/h8-12,17,19-22H,13-15H2,1-7H3/t17-,19+,20+,21-,22+/m0/s1. The summed E-state index contributed by atoms with van der Waals surface area (Å²) >= 11 is 0. The number of carbonyl (C=O) groups is 1. The van der Waals surface area contributed by atoms with Gasteiger partial charge in [0.25, 0.3) is 0 Å². The predicted octanol–water partition coefficient (Wildman–Crippen LogP) is 4.23. The van der Waals surface area contributed by atoms with Gasteiger partial charge in [-0.15, -0.1) is 0 Å². The number of benzene rings is 1. The number of hydrogen-bond acceptors (Lipinski definition) is 7. The van der Waals surface area contributed by atoms with Crippen LogP contribution >= 0.6 is 0 Å². The molecule has 0 spiro atoms. The number of ether oxygens (including phenoxy) is 3. The molecule has 2 heterocycles. The van der Waals surface area contributed by atoms with E-state index in [0.717, 1.165) is 5.56 Å². The molecule has 0 aliphatic carbocycles. The van der Waals surface area contributed by atoms with Crippen LogP contribution in [0, 0.1) is 0 Å². The van der Waals surface area contributed by atoms with Crippen molar-refractivity contribution in [2.24, 2.45) is 0 Å². The summed E-state index contributed by atoms with van der Waals surface area (Å²) in [5, 5.41) is 1.95. The topological polar surface area (TPSA) is 66.5 Å². The normalized spacial score (nSPS) is 30.4. The molecule has 1 aromatic rings. The number of rotatable bonds is 6. The first-order valence-corrected chi connectivity index (χ1v) is 14.0. The first-order valence-electron chi connectivity index (χ1n) is 11.1. The molecular weight excluding hydrogens is 414 g/mol. The Morgan fingerprint density at radius 2 is 1.90 bits per heavy atom. The molecule has 5 atom stereocenters. The monoisotopic (exact) mass is 451 g/mol. The maximum atomic E-state index is 11.6. The van der Waals surface area contributed by atoms with E-state index in [4.69, 9.17) is 23.5 Å². The van der Waals surface area contributed by atoms with Crippen LogP contribution in [0.3, 0.4) is 0 Å². The largest absolute Gasteiger partial charge is 0.434 e. The second-order valence-corrected chi connectivity index (χ2v) is 14.7. The first kappa shape index (κ1) is 24.4. The zero-order chi connectivity index (χ0) is 22.8. The molecule has 7 nitrogen and oxygen atoms in total. The zero-order valence-electron chi connectivity index (χ0n) is 19.8. The van der Waals surface area contributed by atoms with Gasteiger partial charge in [-0.1, -0.05) is 51.1 Å². The van der Waals surface area contributed by atoms with Gasteiger partial charge >= 0.3 is 5.97 Å². The number of carbonyl (C=O) groups excluding carboxylic acids is 1. The van der Waals surface area contributed by atoms with Gasteiger partial charge in [0.2, 0.25) is 6.29 Å². The van der Waals surface area contributed by atoms with Crippen molar-refractivity contribution in [2.75, 3.05) is 6.61 Å². The van der Waals surface area contributed by atoms with Gasteiger partial charge in [0.1, 0.15) is 6.10 Å². The molecular formula is C23H37NO6Si. The van der Waals surface area contributed by atoms with Crippen molar-refractivity contribution in [1.29, 1.82) is 0 Å². The molecule has 174 valence electrons. The van der Waals surface area contributed by atoms with Crippen molar-refractivity contribution in [2.45, 2.75) is 96.5 Å². The van der Waals surface area contributed by atoms with E-state index in [1.165, 1.54) is 6.92 Å². The molecule has 0 N–H and O–H groups in total. The Bertz CT molecular complexity index is 737. The summed E-state index contributed by atoms with van der Waals surface area (Å²) in [7, 11) is -2.05. The Balaban J connectivity index is 1.84. The van der Waals surface area contributed by atoms with E-state index in [9.17, 15) is 4.79 Å². The van der Waals surface area contributed by atoms with Crippen molar-refractivity contribution >= 4 is 14.3 Å². The Morgan fingerprint density at radius 1 is 1.23 bits per heavy atom. The Kier molecular flexibility index (Phi) is 7.61. The lowest BCUT2D eigenvalue weighted by atomic mass is 10.0. The number of nitrogens with zero attached hydrogens (tertiary/aromatic N) is 1. The number of esters is 1. The van der Waals surface area contributed by atoms with Crippen molar-refractivity contribution in [3.8, 4) is 0 Å². The van der Waals surface area contributed by atoms with Gasteiger partial charge in [0.05, 0.1) is 18.8 Å². The van der Waals surface area contributed by atoms with Crippen LogP contribution in [0.4, 0.5) is 0 Å². The molecule has 3 rings (SSSR count). The third-order valence-electron chi connectivity index (χ3n) is 6.38. The van der Waals surface area contributed by atoms with Crippen molar-refractivity contribution in [1.82, 2.24) is 5.06 Å². The van der Waals surface area contributed by atoms with E-state index < -0.39 is 14.6 Å². The smallest absolute Gasteiger partial charge is 0.304 e. The molecule has 0 bridgehead atoms.